The summed E-state index contributed by atoms with van der Waals surface area (Å²) in [5.41, 5.74) is 1.55. The van der Waals surface area contributed by atoms with Crippen LogP contribution in [0.1, 0.15) is 17.3 Å². The van der Waals surface area contributed by atoms with E-state index in [1.807, 2.05) is 23.1 Å². The third-order valence-corrected chi connectivity index (χ3v) is 5.87. The van der Waals surface area contributed by atoms with Crippen LogP contribution >= 0.6 is 11.8 Å². The van der Waals surface area contributed by atoms with E-state index in [1.54, 1.807) is 25.1 Å². The third kappa shape index (κ3) is 4.65. The first-order chi connectivity index (χ1) is 13.5. The van der Waals surface area contributed by atoms with E-state index in [9.17, 15) is 14.0 Å². The van der Waals surface area contributed by atoms with E-state index in [4.69, 9.17) is 4.74 Å². The molecule has 0 bridgehead atoms. The van der Waals surface area contributed by atoms with Gasteiger partial charge in [0.15, 0.2) is 0 Å². The van der Waals surface area contributed by atoms with Crippen LogP contribution in [-0.2, 0) is 9.53 Å². The molecular weight excluding hydrogens is 379 g/mol. The zero-order valence-corrected chi connectivity index (χ0v) is 16.7. The predicted octanol–water partition coefficient (Wildman–Crippen LogP) is 3.44. The average Bonchev–Trinajstić information content (AvgIpc) is 2.73. The van der Waals surface area contributed by atoms with Crippen molar-refractivity contribution in [3.8, 4) is 0 Å². The Morgan fingerprint density at radius 3 is 2.32 bits per heavy atom. The molecule has 1 saturated heterocycles. The minimum Gasteiger partial charge on any atom is -0.468 e. The van der Waals surface area contributed by atoms with Gasteiger partial charge in [0, 0.05) is 36.8 Å². The fourth-order valence-corrected chi connectivity index (χ4v) is 4.15. The van der Waals surface area contributed by atoms with Gasteiger partial charge in [0.05, 0.1) is 12.7 Å². The molecule has 0 aromatic heterocycles. The summed E-state index contributed by atoms with van der Waals surface area (Å²) in [6.07, 6.45) is 0. The van der Waals surface area contributed by atoms with Crippen LogP contribution in [0.25, 0.3) is 0 Å². The molecule has 2 aromatic carbocycles. The van der Waals surface area contributed by atoms with Crippen LogP contribution in [-0.4, -0.2) is 55.3 Å². The quantitative estimate of drug-likeness (QED) is 0.566. The largest absolute Gasteiger partial charge is 0.468 e. The zero-order chi connectivity index (χ0) is 20.1. The third-order valence-electron chi connectivity index (χ3n) is 4.71. The maximum Gasteiger partial charge on any atom is 0.318 e. The van der Waals surface area contributed by atoms with Gasteiger partial charge >= 0.3 is 5.97 Å². The molecule has 1 unspecified atom stereocenters. The molecule has 28 heavy (non-hydrogen) atoms. The number of hydrogen-bond donors (Lipinski definition) is 0. The molecule has 1 aliphatic heterocycles. The van der Waals surface area contributed by atoms with Crippen LogP contribution in [0.4, 0.5) is 10.1 Å². The smallest absolute Gasteiger partial charge is 0.318 e. The molecule has 0 saturated carbocycles. The molecule has 0 spiro atoms. The lowest BCUT2D eigenvalue weighted by molar-refractivity contribution is -0.139. The topological polar surface area (TPSA) is 49.9 Å². The Balaban J connectivity index is 1.67. The first-order valence-electron chi connectivity index (χ1n) is 9.13. The number of anilines is 1. The number of carbonyl (C=O) groups is 2. The molecule has 0 N–H and O–H groups in total. The lowest BCUT2D eigenvalue weighted by atomic mass is 10.1. The summed E-state index contributed by atoms with van der Waals surface area (Å²) < 4.78 is 17.9. The number of methoxy groups -OCH3 is 1. The summed E-state index contributed by atoms with van der Waals surface area (Å²) in [6.45, 7) is 4.30. The van der Waals surface area contributed by atoms with Crippen LogP contribution in [0, 0.1) is 5.82 Å². The fraction of sp³-hybridized carbons (Fsp3) is 0.333. The van der Waals surface area contributed by atoms with Crippen molar-refractivity contribution in [3.05, 3.63) is 59.9 Å². The summed E-state index contributed by atoms with van der Waals surface area (Å²) in [4.78, 5) is 29.5. The van der Waals surface area contributed by atoms with Crippen LogP contribution < -0.4 is 4.90 Å². The maximum atomic E-state index is 13.1. The van der Waals surface area contributed by atoms with E-state index < -0.39 is 5.25 Å². The van der Waals surface area contributed by atoms with Gasteiger partial charge in [-0.1, -0.05) is 12.1 Å². The van der Waals surface area contributed by atoms with Crippen molar-refractivity contribution in [1.82, 2.24) is 4.90 Å². The molecular formula is C21H23FN2O3S. The minimum absolute atomic E-state index is 0.0427. The van der Waals surface area contributed by atoms with Crippen molar-refractivity contribution >= 4 is 29.3 Å². The normalized spacial score (nSPS) is 15.2. The highest BCUT2D eigenvalue weighted by Crippen LogP contribution is 2.29. The van der Waals surface area contributed by atoms with Crippen molar-refractivity contribution in [3.63, 3.8) is 0 Å². The molecule has 148 valence electrons. The molecule has 1 amide bonds. The highest BCUT2D eigenvalue weighted by Gasteiger charge is 2.25. The molecule has 1 aliphatic rings. The Labute approximate surface area is 168 Å². The molecule has 2 aromatic rings. The Morgan fingerprint density at radius 2 is 1.68 bits per heavy atom. The number of halogens is 1. The van der Waals surface area contributed by atoms with Crippen molar-refractivity contribution in [1.29, 1.82) is 0 Å². The van der Waals surface area contributed by atoms with E-state index in [0.717, 1.165) is 10.6 Å². The van der Waals surface area contributed by atoms with Gasteiger partial charge in [-0.25, -0.2) is 4.39 Å². The molecule has 1 heterocycles. The monoisotopic (exact) mass is 402 g/mol. The zero-order valence-electron chi connectivity index (χ0n) is 15.9. The Morgan fingerprint density at radius 1 is 1.04 bits per heavy atom. The summed E-state index contributed by atoms with van der Waals surface area (Å²) in [6, 6.07) is 13.7. The minimum atomic E-state index is -0.394. The summed E-state index contributed by atoms with van der Waals surface area (Å²) in [5, 5.41) is -0.394. The lowest BCUT2D eigenvalue weighted by Crippen LogP contribution is -2.48. The average molecular weight is 402 g/mol. The highest BCUT2D eigenvalue weighted by atomic mass is 32.2. The van der Waals surface area contributed by atoms with Crippen molar-refractivity contribution < 1.29 is 18.7 Å². The number of piperazine rings is 1. The van der Waals surface area contributed by atoms with Gasteiger partial charge in [-0.15, -0.1) is 11.8 Å². The van der Waals surface area contributed by atoms with Crippen molar-refractivity contribution in [2.75, 3.05) is 38.2 Å². The molecule has 0 radical (unpaired) electrons. The molecule has 1 fully saturated rings. The second-order valence-corrected chi connectivity index (χ2v) is 7.92. The predicted molar refractivity (Wildman–Crippen MR) is 108 cm³/mol. The van der Waals surface area contributed by atoms with Crippen LogP contribution in [0.5, 0.6) is 0 Å². The Hall–Kier alpha value is -2.54. The summed E-state index contributed by atoms with van der Waals surface area (Å²) >= 11 is 1.33. The number of hydrogen-bond acceptors (Lipinski definition) is 5. The first kappa shape index (κ1) is 20.2. The number of thioether (sulfide) groups is 1. The van der Waals surface area contributed by atoms with E-state index in [1.165, 1.54) is 31.0 Å². The molecule has 7 heteroatoms. The van der Waals surface area contributed by atoms with Gasteiger partial charge in [-0.2, -0.15) is 0 Å². The number of ether oxygens (including phenoxy) is 1. The SMILES string of the molecule is COC(=O)C(C)Sc1ccccc1C(=O)N1CCN(c2ccc(F)cc2)CC1. The van der Waals surface area contributed by atoms with Gasteiger partial charge in [0.25, 0.3) is 5.91 Å². The van der Waals surface area contributed by atoms with Crippen LogP contribution in [0.15, 0.2) is 53.4 Å². The Kier molecular flexibility index (Phi) is 6.57. The highest BCUT2D eigenvalue weighted by molar-refractivity contribution is 8.00. The fourth-order valence-electron chi connectivity index (χ4n) is 3.14. The molecule has 5 nitrogen and oxygen atoms in total. The second kappa shape index (κ2) is 9.10. The number of rotatable bonds is 5. The van der Waals surface area contributed by atoms with Gasteiger partial charge in [0.2, 0.25) is 0 Å². The van der Waals surface area contributed by atoms with Crippen LogP contribution in [0.3, 0.4) is 0 Å². The molecule has 0 aliphatic carbocycles. The lowest BCUT2D eigenvalue weighted by Gasteiger charge is -2.36. The summed E-state index contributed by atoms with van der Waals surface area (Å²) in [7, 11) is 1.36. The molecule has 1 atom stereocenters. The number of amides is 1. The number of carbonyl (C=O) groups excluding carboxylic acids is 2. The first-order valence-corrected chi connectivity index (χ1v) is 10.0. The standard InChI is InChI=1S/C21H23FN2O3S/c1-15(21(26)27-2)28-19-6-4-3-5-18(19)20(25)24-13-11-23(12-14-24)17-9-7-16(22)8-10-17/h3-10,15H,11-14H2,1-2H3. The number of nitrogens with zero attached hydrogens (tertiary/aromatic N) is 2. The maximum absolute atomic E-state index is 13.1. The van der Waals surface area contributed by atoms with E-state index in [0.29, 0.717) is 31.7 Å². The van der Waals surface area contributed by atoms with Crippen LogP contribution in [0.2, 0.25) is 0 Å². The number of esters is 1. The molecule has 3 rings (SSSR count). The van der Waals surface area contributed by atoms with Crippen molar-refractivity contribution in [2.24, 2.45) is 0 Å². The van der Waals surface area contributed by atoms with Gasteiger partial charge < -0.3 is 14.5 Å². The Bertz CT molecular complexity index is 836. The number of benzene rings is 2. The summed E-state index contributed by atoms with van der Waals surface area (Å²) in [5.74, 6) is -0.619. The van der Waals surface area contributed by atoms with E-state index in [-0.39, 0.29) is 17.7 Å². The van der Waals surface area contributed by atoms with Gasteiger partial charge in [-0.05, 0) is 43.3 Å². The van der Waals surface area contributed by atoms with E-state index >= 15 is 0 Å². The van der Waals surface area contributed by atoms with Gasteiger partial charge in [-0.3, -0.25) is 9.59 Å². The van der Waals surface area contributed by atoms with Crippen molar-refractivity contribution in [2.45, 2.75) is 17.1 Å². The second-order valence-electron chi connectivity index (χ2n) is 6.54. The van der Waals surface area contributed by atoms with E-state index in [2.05, 4.69) is 4.90 Å². The van der Waals surface area contributed by atoms with Gasteiger partial charge in [0.1, 0.15) is 11.1 Å².